The molecular weight excluding hydrogens is 478 g/mol. The summed E-state index contributed by atoms with van der Waals surface area (Å²) in [5, 5.41) is 5.12. The monoisotopic (exact) mass is 491 g/mol. The molecule has 0 saturated carbocycles. The minimum Gasteiger partial charge on any atom is -0.491 e. The van der Waals surface area contributed by atoms with Crippen molar-refractivity contribution in [2.24, 2.45) is 0 Å². The summed E-state index contributed by atoms with van der Waals surface area (Å²) in [5.41, 5.74) is 0.455. The van der Waals surface area contributed by atoms with Crippen molar-refractivity contribution in [1.29, 1.82) is 0 Å². The highest BCUT2D eigenvalue weighted by molar-refractivity contribution is 7.80. The van der Waals surface area contributed by atoms with E-state index in [1.54, 1.807) is 24.3 Å². The maximum absolute atomic E-state index is 14.2. The molecule has 33 heavy (non-hydrogen) atoms. The molecule has 0 aliphatic rings. The van der Waals surface area contributed by atoms with Crippen LogP contribution in [0.1, 0.15) is 10.4 Å². The van der Waals surface area contributed by atoms with E-state index in [1.807, 2.05) is 29.6 Å². The number of thiazole rings is 1. The molecule has 5 nitrogen and oxygen atoms in total. The highest BCUT2D eigenvalue weighted by Crippen LogP contribution is 2.34. The van der Waals surface area contributed by atoms with Gasteiger partial charge in [0.05, 0.1) is 23.0 Å². The van der Waals surface area contributed by atoms with Gasteiger partial charge in [-0.2, -0.15) is 8.78 Å². The largest absolute Gasteiger partial charge is 0.491 e. The molecule has 0 aliphatic heterocycles. The van der Waals surface area contributed by atoms with Gasteiger partial charge in [0.25, 0.3) is 5.91 Å². The Bertz CT molecular complexity index is 1350. The Balaban J connectivity index is 1.59. The third-order valence-electron chi connectivity index (χ3n) is 4.58. The molecule has 4 aromatic rings. The zero-order valence-electron chi connectivity index (χ0n) is 16.7. The van der Waals surface area contributed by atoms with Crippen LogP contribution in [0.2, 0.25) is 0 Å². The molecule has 0 radical (unpaired) electrons. The first-order chi connectivity index (χ1) is 15.8. The molecule has 1 aromatic heterocycles. The number of ether oxygens (including phenoxy) is 1. The lowest BCUT2D eigenvalue weighted by Gasteiger charge is -2.14. The Morgan fingerprint density at radius 2 is 1.61 bits per heavy atom. The van der Waals surface area contributed by atoms with Crippen LogP contribution in [0.5, 0.6) is 5.75 Å². The summed E-state index contributed by atoms with van der Waals surface area (Å²) in [4.78, 5) is 16.9. The highest BCUT2D eigenvalue weighted by atomic mass is 32.1. The van der Waals surface area contributed by atoms with Crippen molar-refractivity contribution in [2.75, 3.05) is 12.4 Å². The lowest BCUT2D eigenvalue weighted by molar-refractivity contribution is 0.0966. The topological polar surface area (TPSA) is 63.2 Å². The maximum Gasteiger partial charge on any atom is 0.263 e. The van der Waals surface area contributed by atoms with Gasteiger partial charge >= 0.3 is 0 Å². The molecule has 168 valence electrons. The average Bonchev–Trinajstić information content (AvgIpc) is 3.22. The summed E-state index contributed by atoms with van der Waals surface area (Å²) in [6.45, 7) is 0. The molecular formula is C22H13F4N3O2S2. The molecule has 0 unspecified atom stereocenters. The first kappa shape index (κ1) is 22.6. The summed E-state index contributed by atoms with van der Waals surface area (Å²) >= 11 is 6.51. The summed E-state index contributed by atoms with van der Waals surface area (Å²) in [7, 11) is 0.835. The van der Waals surface area contributed by atoms with Crippen LogP contribution >= 0.6 is 23.6 Å². The fourth-order valence-electron chi connectivity index (χ4n) is 3.08. The second kappa shape index (κ2) is 9.12. The standard InChI is InChI=1S/C22H13F4N3O2S2/c1-31-19-17(25)15(23)14(16(24)18(19)26)20(30)29-22(32)28-11-7-3-2-6-10(11)21-27-12-8-4-5-9-13(12)33-21/h2-9H,1H3,(H2,28,29,30,32). The van der Waals surface area contributed by atoms with Crippen LogP contribution in [0.3, 0.4) is 0 Å². The lowest BCUT2D eigenvalue weighted by atomic mass is 10.1. The SMILES string of the molecule is COc1c(F)c(F)c(C(=O)NC(=S)Nc2ccccc2-c2nc3ccccc3s2)c(F)c1F. The van der Waals surface area contributed by atoms with Crippen molar-refractivity contribution in [3.8, 4) is 16.3 Å². The summed E-state index contributed by atoms with van der Waals surface area (Å²) in [5.74, 6) is -10.2. The van der Waals surface area contributed by atoms with Gasteiger partial charge in [-0.05, 0) is 36.5 Å². The molecule has 0 fully saturated rings. The Kier molecular flexibility index (Phi) is 6.25. The third kappa shape index (κ3) is 4.24. The number of carbonyl (C=O) groups is 1. The normalized spacial score (nSPS) is 10.8. The van der Waals surface area contributed by atoms with Gasteiger partial charge in [-0.1, -0.05) is 24.3 Å². The Hall–Kier alpha value is -3.57. The number of nitrogens with one attached hydrogen (secondary N) is 2. The summed E-state index contributed by atoms with van der Waals surface area (Å²) in [6.07, 6.45) is 0. The predicted octanol–water partition coefficient (Wildman–Crippen LogP) is 5.66. The number of hydrogen-bond donors (Lipinski definition) is 2. The first-order valence-electron chi connectivity index (χ1n) is 9.29. The van der Waals surface area contributed by atoms with E-state index in [0.717, 1.165) is 17.3 Å². The number of thiocarbonyl (C=S) groups is 1. The van der Waals surface area contributed by atoms with Crippen molar-refractivity contribution in [2.45, 2.75) is 0 Å². The van der Waals surface area contributed by atoms with Crippen LogP contribution in [0.25, 0.3) is 20.8 Å². The number of halogens is 4. The van der Waals surface area contributed by atoms with Crippen molar-refractivity contribution >= 4 is 50.5 Å². The first-order valence-corrected chi connectivity index (χ1v) is 10.5. The van der Waals surface area contributed by atoms with Crippen LogP contribution in [0.4, 0.5) is 23.2 Å². The number of aromatic nitrogens is 1. The summed E-state index contributed by atoms with van der Waals surface area (Å²) in [6, 6.07) is 14.5. The fourth-order valence-corrected chi connectivity index (χ4v) is 4.28. The van der Waals surface area contributed by atoms with Gasteiger partial charge in [0.2, 0.25) is 11.6 Å². The van der Waals surface area contributed by atoms with Crippen LogP contribution in [-0.4, -0.2) is 23.1 Å². The van der Waals surface area contributed by atoms with E-state index in [9.17, 15) is 22.4 Å². The zero-order valence-corrected chi connectivity index (χ0v) is 18.3. The molecule has 0 bridgehead atoms. The number of anilines is 1. The molecule has 0 spiro atoms. The van der Waals surface area contributed by atoms with Crippen molar-refractivity contribution in [3.63, 3.8) is 0 Å². The van der Waals surface area contributed by atoms with Gasteiger partial charge in [-0.25, -0.2) is 13.8 Å². The number of rotatable bonds is 4. The smallest absolute Gasteiger partial charge is 0.263 e. The van der Waals surface area contributed by atoms with Gasteiger partial charge < -0.3 is 10.1 Å². The average molecular weight is 491 g/mol. The predicted molar refractivity (Wildman–Crippen MR) is 122 cm³/mol. The minimum absolute atomic E-state index is 0.344. The van der Waals surface area contributed by atoms with Crippen LogP contribution < -0.4 is 15.4 Å². The van der Waals surface area contributed by atoms with Gasteiger partial charge in [0.15, 0.2) is 22.5 Å². The Morgan fingerprint density at radius 1 is 0.970 bits per heavy atom. The molecule has 1 amide bonds. The van der Waals surface area contributed by atoms with Gasteiger partial charge in [-0.15, -0.1) is 11.3 Å². The number of hydrogen-bond acceptors (Lipinski definition) is 5. The molecule has 4 rings (SSSR count). The van der Waals surface area contributed by atoms with E-state index in [1.165, 1.54) is 11.3 Å². The van der Waals surface area contributed by atoms with Crippen molar-refractivity contribution in [3.05, 3.63) is 77.4 Å². The molecule has 0 atom stereocenters. The molecule has 2 N–H and O–H groups in total. The zero-order chi connectivity index (χ0) is 23.7. The molecule has 0 aliphatic carbocycles. The van der Waals surface area contributed by atoms with E-state index in [4.69, 9.17) is 12.2 Å². The Morgan fingerprint density at radius 3 is 2.27 bits per heavy atom. The quantitative estimate of drug-likeness (QED) is 0.219. The maximum atomic E-state index is 14.2. The number of fused-ring (bicyclic) bond motifs is 1. The Labute approximate surface area is 194 Å². The second-order valence-electron chi connectivity index (χ2n) is 6.60. The number of carbonyl (C=O) groups excluding carboxylic acids is 1. The second-order valence-corrected chi connectivity index (χ2v) is 8.04. The van der Waals surface area contributed by atoms with Gasteiger partial charge in [0.1, 0.15) is 10.6 Å². The van der Waals surface area contributed by atoms with Crippen molar-refractivity contribution in [1.82, 2.24) is 10.3 Å². The lowest BCUT2D eigenvalue weighted by Crippen LogP contribution is -2.35. The van der Waals surface area contributed by atoms with Gasteiger partial charge in [0, 0.05) is 5.56 Å². The van der Waals surface area contributed by atoms with Crippen molar-refractivity contribution < 1.29 is 27.1 Å². The third-order valence-corrected chi connectivity index (χ3v) is 5.85. The number of nitrogens with zero attached hydrogens (tertiary/aromatic N) is 1. The van der Waals surface area contributed by atoms with E-state index in [2.05, 4.69) is 15.0 Å². The molecule has 11 heteroatoms. The van der Waals surface area contributed by atoms with E-state index >= 15 is 0 Å². The highest BCUT2D eigenvalue weighted by Gasteiger charge is 2.30. The molecule has 0 saturated heterocycles. The summed E-state index contributed by atoms with van der Waals surface area (Å²) < 4.78 is 61.6. The molecule has 3 aromatic carbocycles. The van der Waals surface area contributed by atoms with E-state index in [-0.39, 0.29) is 5.11 Å². The number of methoxy groups -OCH3 is 1. The minimum atomic E-state index is -1.90. The molecule has 1 heterocycles. The van der Waals surface area contributed by atoms with E-state index < -0.39 is 40.5 Å². The van der Waals surface area contributed by atoms with Gasteiger partial charge in [-0.3, -0.25) is 10.1 Å². The number of amides is 1. The number of benzene rings is 3. The van der Waals surface area contributed by atoms with E-state index in [0.29, 0.717) is 16.3 Å². The van der Waals surface area contributed by atoms with Crippen LogP contribution in [0.15, 0.2) is 48.5 Å². The van der Waals surface area contributed by atoms with Crippen LogP contribution in [0, 0.1) is 23.3 Å². The fraction of sp³-hybridized carbons (Fsp3) is 0.0455. The number of para-hydroxylation sites is 2. The van der Waals surface area contributed by atoms with Crippen LogP contribution in [-0.2, 0) is 0 Å².